The Balaban J connectivity index is 2.03. The van der Waals surface area contributed by atoms with Gasteiger partial charge in [0.15, 0.2) is 0 Å². The molecule has 1 unspecified atom stereocenters. The Hall–Kier alpha value is -1.42. The molecule has 1 aromatic rings. The molecule has 1 aromatic carbocycles. The van der Waals surface area contributed by atoms with E-state index >= 15 is 0 Å². The van der Waals surface area contributed by atoms with Crippen molar-refractivity contribution >= 4 is 23.1 Å². The van der Waals surface area contributed by atoms with E-state index in [9.17, 15) is 4.79 Å². The average Bonchev–Trinajstić information content (AvgIpc) is 3.11. The third-order valence-electron chi connectivity index (χ3n) is 3.30. The van der Waals surface area contributed by atoms with Crippen LogP contribution in [0.1, 0.15) is 31.4 Å². The minimum Gasteiger partial charge on any atom is -0.392 e. The molecule has 1 amide bonds. The summed E-state index contributed by atoms with van der Waals surface area (Å²) in [6.07, 6.45) is 1.55. The molecule has 0 heterocycles. The zero-order valence-electron chi connectivity index (χ0n) is 9.77. The van der Waals surface area contributed by atoms with Gasteiger partial charge in [-0.25, -0.2) is 0 Å². The van der Waals surface area contributed by atoms with Gasteiger partial charge >= 0.3 is 0 Å². The van der Waals surface area contributed by atoms with Gasteiger partial charge in [0.05, 0.1) is 16.4 Å². The molecule has 0 saturated heterocycles. The van der Waals surface area contributed by atoms with Crippen LogP contribution in [-0.2, 0) is 4.79 Å². The number of hydrogen-bond donors (Lipinski definition) is 2. The summed E-state index contributed by atoms with van der Waals surface area (Å²) in [5.41, 5.74) is 6.13. The Morgan fingerprint density at radius 1 is 1.41 bits per heavy atom. The van der Waals surface area contributed by atoms with E-state index in [2.05, 4.69) is 5.32 Å². The van der Waals surface area contributed by atoms with Crippen LogP contribution in [0.2, 0.25) is 0 Å². The van der Waals surface area contributed by atoms with Crippen molar-refractivity contribution in [3.8, 4) is 0 Å². The van der Waals surface area contributed by atoms with Crippen molar-refractivity contribution in [3.63, 3.8) is 0 Å². The second-order valence-electron chi connectivity index (χ2n) is 4.55. The van der Waals surface area contributed by atoms with Crippen molar-refractivity contribution in [2.24, 2.45) is 11.1 Å². The maximum Gasteiger partial charge on any atom is 0.233 e. The molecule has 1 atom stereocenters. The molecule has 3 nitrogen and oxygen atoms in total. The predicted octanol–water partition coefficient (Wildman–Crippen LogP) is 1.93. The van der Waals surface area contributed by atoms with Gasteiger partial charge in [-0.2, -0.15) is 0 Å². The largest absolute Gasteiger partial charge is 0.392 e. The Kier molecular flexibility index (Phi) is 3.15. The Morgan fingerprint density at radius 3 is 2.47 bits per heavy atom. The topological polar surface area (TPSA) is 55.1 Å². The van der Waals surface area contributed by atoms with Gasteiger partial charge in [0.2, 0.25) is 5.91 Å². The van der Waals surface area contributed by atoms with Crippen LogP contribution in [-0.4, -0.2) is 10.9 Å². The van der Waals surface area contributed by atoms with E-state index < -0.39 is 5.41 Å². The van der Waals surface area contributed by atoms with E-state index in [1.165, 1.54) is 0 Å². The first-order valence-electron chi connectivity index (χ1n) is 5.72. The molecule has 0 aliphatic heterocycles. The zero-order chi connectivity index (χ0) is 12.5. The van der Waals surface area contributed by atoms with E-state index in [0.717, 1.165) is 18.4 Å². The highest BCUT2D eigenvalue weighted by Gasteiger charge is 2.52. The standard InChI is InChI=1S/C13H16N2OS/c1-9(10-5-3-2-4-6-10)15-12(16)13(7-8-13)11(14)17/h2-6,9H,7-8H2,1H3,(H2,14,17)(H,15,16). The molecule has 2 rings (SSSR count). The van der Waals surface area contributed by atoms with Crippen LogP contribution in [0.25, 0.3) is 0 Å². The third-order valence-corrected chi connectivity index (χ3v) is 3.69. The zero-order valence-corrected chi connectivity index (χ0v) is 10.6. The number of benzene rings is 1. The van der Waals surface area contributed by atoms with Crippen molar-refractivity contribution < 1.29 is 4.79 Å². The lowest BCUT2D eigenvalue weighted by Crippen LogP contribution is -2.40. The number of amides is 1. The molecule has 4 heteroatoms. The van der Waals surface area contributed by atoms with E-state index in [-0.39, 0.29) is 11.9 Å². The van der Waals surface area contributed by atoms with Gasteiger partial charge in [-0.05, 0) is 25.3 Å². The molecule has 1 fully saturated rings. The summed E-state index contributed by atoms with van der Waals surface area (Å²) in [4.78, 5) is 12.4. The lowest BCUT2D eigenvalue weighted by molar-refractivity contribution is -0.124. The van der Waals surface area contributed by atoms with Crippen molar-refractivity contribution in [2.45, 2.75) is 25.8 Å². The lowest BCUT2D eigenvalue weighted by atomic mass is 10.0. The second-order valence-corrected chi connectivity index (χ2v) is 4.99. The summed E-state index contributed by atoms with van der Waals surface area (Å²) in [6, 6.07) is 9.83. The summed E-state index contributed by atoms with van der Waals surface area (Å²) in [7, 11) is 0. The summed E-state index contributed by atoms with van der Waals surface area (Å²) < 4.78 is 0. The summed E-state index contributed by atoms with van der Waals surface area (Å²) in [5.74, 6) is -0.0404. The van der Waals surface area contributed by atoms with Crippen molar-refractivity contribution in [1.82, 2.24) is 5.32 Å². The number of nitrogens with one attached hydrogen (secondary N) is 1. The summed E-state index contributed by atoms with van der Waals surface area (Å²) >= 11 is 4.96. The molecule has 1 aliphatic rings. The highest BCUT2D eigenvalue weighted by Crippen LogP contribution is 2.46. The fraction of sp³-hybridized carbons (Fsp3) is 0.385. The normalized spacial score (nSPS) is 18.2. The number of thiocarbonyl (C=S) groups is 1. The van der Waals surface area contributed by atoms with Gasteiger partial charge in [0.1, 0.15) is 0 Å². The van der Waals surface area contributed by atoms with Gasteiger partial charge in [0.25, 0.3) is 0 Å². The van der Waals surface area contributed by atoms with Crippen molar-refractivity contribution in [1.29, 1.82) is 0 Å². The summed E-state index contributed by atoms with van der Waals surface area (Å²) in [6.45, 7) is 1.96. The first kappa shape index (κ1) is 12.0. The Morgan fingerprint density at radius 2 is 2.00 bits per heavy atom. The van der Waals surface area contributed by atoms with Gasteiger partial charge in [0, 0.05) is 0 Å². The molecule has 1 aliphatic carbocycles. The molecular weight excluding hydrogens is 232 g/mol. The van der Waals surface area contributed by atoms with E-state index in [4.69, 9.17) is 18.0 Å². The summed E-state index contributed by atoms with van der Waals surface area (Å²) in [5, 5.41) is 2.97. The van der Waals surface area contributed by atoms with Gasteiger partial charge < -0.3 is 11.1 Å². The molecular formula is C13H16N2OS. The molecule has 0 aromatic heterocycles. The van der Waals surface area contributed by atoms with Crippen LogP contribution in [0.15, 0.2) is 30.3 Å². The first-order chi connectivity index (χ1) is 8.06. The Labute approximate surface area is 106 Å². The van der Waals surface area contributed by atoms with E-state index in [1.54, 1.807) is 0 Å². The van der Waals surface area contributed by atoms with E-state index in [0.29, 0.717) is 4.99 Å². The van der Waals surface area contributed by atoms with Gasteiger partial charge in [-0.1, -0.05) is 42.5 Å². The maximum absolute atomic E-state index is 12.1. The second kappa shape index (κ2) is 4.45. The molecule has 1 saturated carbocycles. The fourth-order valence-corrected chi connectivity index (χ4v) is 2.17. The maximum atomic E-state index is 12.1. The minimum atomic E-state index is -0.571. The minimum absolute atomic E-state index is 0.0180. The molecule has 17 heavy (non-hydrogen) atoms. The Bertz CT molecular complexity index is 440. The quantitative estimate of drug-likeness (QED) is 0.801. The molecule has 3 N–H and O–H groups in total. The molecule has 0 bridgehead atoms. The fourth-order valence-electron chi connectivity index (χ4n) is 1.87. The number of carbonyl (C=O) groups excluding carboxylic acids is 1. The smallest absolute Gasteiger partial charge is 0.233 e. The molecule has 0 spiro atoms. The monoisotopic (exact) mass is 248 g/mol. The van der Waals surface area contributed by atoms with Crippen molar-refractivity contribution in [2.75, 3.05) is 0 Å². The number of nitrogens with two attached hydrogens (primary N) is 1. The van der Waals surface area contributed by atoms with Crippen molar-refractivity contribution in [3.05, 3.63) is 35.9 Å². The number of rotatable bonds is 4. The highest BCUT2D eigenvalue weighted by atomic mass is 32.1. The number of carbonyl (C=O) groups is 1. The van der Waals surface area contributed by atoms with Crippen LogP contribution in [0.4, 0.5) is 0 Å². The third kappa shape index (κ3) is 2.31. The average molecular weight is 248 g/mol. The number of hydrogen-bond acceptors (Lipinski definition) is 2. The van der Waals surface area contributed by atoms with E-state index in [1.807, 2.05) is 37.3 Å². The van der Waals surface area contributed by atoms with Crippen LogP contribution >= 0.6 is 12.2 Å². The van der Waals surface area contributed by atoms with Crippen LogP contribution in [0, 0.1) is 5.41 Å². The lowest BCUT2D eigenvalue weighted by Gasteiger charge is -2.19. The highest BCUT2D eigenvalue weighted by molar-refractivity contribution is 7.80. The predicted molar refractivity (Wildman–Crippen MR) is 71.5 cm³/mol. The van der Waals surface area contributed by atoms with Gasteiger partial charge in [-0.15, -0.1) is 0 Å². The van der Waals surface area contributed by atoms with Crippen LogP contribution in [0.3, 0.4) is 0 Å². The first-order valence-corrected chi connectivity index (χ1v) is 6.13. The van der Waals surface area contributed by atoms with Crippen LogP contribution < -0.4 is 11.1 Å². The SMILES string of the molecule is CC(NC(=O)C1(C(N)=S)CC1)c1ccccc1. The molecule has 90 valence electrons. The van der Waals surface area contributed by atoms with Crippen LogP contribution in [0.5, 0.6) is 0 Å². The van der Waals surface area contributed by atoms with Gasteiger partial charge in [-0.3, -0.25) is 4.79 Å². The molecule has 0 radical (unpaired) electrons.